The average molecular weight is 447 g/mol. The summed E-state index contributed by atoms with van der Waals surface area (Å²) in [5, 5.41) is 6.51. The summed E-state index contributed by atoms with van der Waals surface area (Å²) in [7, 11) is 0. The maximum atomic E-state index is 6.43. The highest BCUT2D eigenvalue weighted by Gasteiger charge is 2.23. The fraction of sp³-hybridized carbons (Fsp3) is 0.167. The maximum Gasteiger partial charge on any atom is 0.214 e. The van der Waals surface area contributed by atoms with E-state index >= 15 is 0 Å². The van der Waals surface area contributed by atoms with E-state index in [4.69, 9.17) is 21.7 Å². The molecule has 0 aliphatic carbocycles. The highest BCUT2D eigenvalue weighted by molar-refractivity contribution is 9.10. The normalized spacial score (nSPS) is 14.0. The fourth-order valence-corrected chi connectivity index (χ4v) is 4.94. The van der Waals surface area contributed by atoms with E-state index < -0.39 is 0 Å². The number of rotatable bonds is 2. The molecule has 0 saturated heterocycles. The van der Waals surface area contributed by atoms with Gasteiger partial charge in [-0.3, -0.25) is 4.98 Å². The van der Waals surface area contributed by atoms with E-state index in [1.165, 1.54) is 11.1 Å². The number of benzene rings is 1. The van der Waals surface area contributed by atoms with Gasteiger partial charge in [-0.15, -0.1) is 5.10 Å². The van der Waals surface area contributed by atoms with Crippen LogP contribution < -0.4 is 4.90 Å². The summed E-state index contributed by atoms with van der Waals surface area (Å²) < 4.78 is 2.98. The molecule has 5 nitrogen and oxygen atoms in total. The Bertz CT molecular complexity index is 1080. The number of anilines is 1. The van der Waals surface area contributed by atoms with Gasteiger partial charge in [-0.2, -0.15) is 0 Å². The summed E-state index contributed by atoms with van der Waals surface area (Å²) in [6, 6.07) is 7.88. The molecule has 5 rings (SSSR count). The lowest BCUT2D eigenvalue weighted by Gasteiger charge is -2.29. The Morgan fingerprint density at radius 3 is 2.92 bits per heavy atom. The predicted molar refractivity (Wildman–Crippen MR) is 108 cm³/mol. The molecule has 1 aromatic carbocycles. The predicted octanol–water partition coefficient (Wildman–Crippen LogP) is 4.83. The summed E-state index contributed by atoms with van der Waals surface area (Å²) >= 11 is 11.7. The number of hydrogen-bond acceptors (Lipinski definition) is 5. The topological polar surface area (TPSA) is 46.3 Å². The first-order valence-electron chi connectivity index (χ1n) is 8.16. The summed E-state index contributed by atoms with van der Waals surface area (Å²) in [5.74, 6) is 0. The molecular weight excluding hydrogens is 434 g/mol. The van der Waals surface area contributed by atoms with Crippen molar-refractivity contribution in [3.63, 3.8) is 0 Å². The minimum atomic E-state index is 0.764. The van der Waals surface area contributed by atoms with Crippen molar-refractivity contribution in [2.45, 2.75) is 13.0 Å². The highest BCUT2D eigenvalue weighted by atomic mass is 79.9. The van der Waals surface area contributed by atoms with Crippen LogP contribution in [0, 0.1) is 0 Å². The Morgan fingerprint density at radius 1 is 1.19 bits per heavy atom. The molecule has 26 heavy (non-hydrogen) atoms. The zero-order chi connectivity index (χ0) is 17.7. The zero-order valence-electron chi connectivity index (χ0n) is 13.6. The Kier molecular flexibility index (Phi) is 3.95. The molecule has 8 heteroatoms. The lowest BCUT2D eigenvalue weighted by molar-refractivity contribution is 0.717. The van der Waals surface area contributed by atoms with Gasteiger partial charge in [0.15, 0.2) is 0 Å². The molecular formula is C18H13BrClN5S. The van der Waals surface area contributed by atoms with Crippen molar-refractivity contribution in [3.05, 3.63) is 63.5 Å². The van der Waals surface area contributed by atoms with Crippen LogP contribution in [0.25, 0.3) is 16.2 Å². The minimum Gasteiger partial charge on any atom is -0.342 e. The number of nitrogens with zero attached hydrogens (tertiary/aromatic N) is 5. The molecule has 130 valence electrons. The second kappa shape index (κ2) is 6.33. The molecule has 0 saturated carbocycles. The third-order valence-corrected chi connectivity index (χ3v) is 6.64. The summed E-state index contributed by atoms with van der Waals surface area (Å²) in [4.78, 5) is 12.0. The van der Waals surface area contributed by atoms with Crippen LogP contribution in [0.5, 0.6) is 0 Å². The van der Waals surface area contributed by atoms with Gasteiger partial charge in [0.25, 0.3) is 0 Å². The molecule has 4 heterocycles. The monoisotopic (exact) mass is 445 g/mol. The molecule has 0 spiro atoms. The van der Waals surface area contributed by atoms with Gasteiger partial charge in [0, 0.05) is 40.5 Å². The largest absolute Gasteiger partial charge is 0.342 e. The maximum absolute atomic E-state index is 6.43. The van der Waals surface area contributed by atoms with Gasteiger partial charge >= 0.3 is 0 Å². The molecule has 3 aromatic heterocycles. The van der Waals surface area contributed by atoms with E-state index in [2.05, 4.69) is 25.8 Å². The van der Waals surface area contributed by atoms with Crippen molar-refractivity contribution in [2.24, 2.45) is 0 Å². The van der Waals surface area contributed by atoms with Crippen LogP contribution in [0.2, 0.25) is 5.02 Å². The Labute approximate surface area is 167 Å². The molecule has 0 radical (unpaired) electrons. The zero-order valence-corrected chi connectivity index (χ0v) is 16.7. The van der Waals surface area contributed by atoms with Gasteiger partial charge in [-0.05, 0) is 41.8 Å². The van der Waals surface area contributed by atoms with E-state index in [1.54, 1.807) is 17.5 Å². The van der Waals surface area contributed by atoms with E-state index in [0.29, 0.717) is 0 Å². The molecule has 0 amide bonds. The number of hydrogen-bond donors (Lipinski definition) is 0. The molecule has 0 atom stereocenters. The molecule has 4 aromatic rings. The Morgan fingerprint density at radius 2 is 2.12 bits per heavy atom. The van der Waals surface area contributed by atoms with Crippen LogP contribution in [-0.4, -0.2) is 26.1 Å². The summed E-state index contributed by atoms with van der Waals surface area (Å²) in [6.45, 7) is 1.68. The molecule has 0 bridgehead atoms. The molecule has 1 aliphatic rings. The van der Waals surface area contributed by atoms with Gasteiger partial charge in [-0.1, -0.05) is 38.9 Å². The quantitative estimate of drug-likeness (QED) is 0.442. The number of aromatic nitrogens is 4. The average Bonchev–Trinajstić information content (AvgIpc) is 3.24. The van der Waals surface area contributed by atoms with E-state index in [1.807, 2.05) is 41.2 Å². The van der Waals surface area contributed by atoms with Gasteiger partial charge in [0.2, 0.25) is 10.1 Å². The third-order valence-electron chi connectivity index (χ3n) is 4.56. The van der Waals surface area contributed by atoms with Crippen LogP contribution in [0.1, 0.15) is 11.1 Å². The number of fused-ring (bicyclic) bond motifs is 2. The molecule has 1 aliphatic heterocycles. The third kappa shape index (κ3) is 2.71. The Balaban J connectivity index is 1.47. The van der Waals surface area contributed by atoms with E-state index in [9.17, 15) is 0 Å². The van der Waals surface area contributed by atoms with Crippen molar-refractivity contribution in [1.82, 2.24) is 19.6 Å². The van der Waals surface area contributed by atoms with Gasteiger partial charge in [-0.25, -0.2) is 9.50 Å². The van der Waals surface area contributed by atoms with Crippen LogP contribution in [0.4, 0.5) is 5.13 Å². The first-order valence-corrected chi connectivity index (χ1v) is 10.1. The number of imidazole rings is 1. The lowest BCUT2D eigenvalue weighted by Crippen LogP contribution is -2.30. The Hall–Kier alpha value is -1.96. The smallest absolute Gasteiger partial charge is 0.214 e. The second-order valence-corrected chi connectivity index (χ2v) is 8.33. The van der Waals surface area contributed by atoms with Crippen molar-refractivity contribution in [2.75, 3.05) is 11.4 Å². The highest BCUT2D eigenvalue weighted by Crippen LogP contribution is 2.35. The van der Waals surface area contributed by atoms with E-state index in [0.717, 1.165) is 50.4 Å². The van der Waals surface area contributed by atoms with E-state index in [-0.39, 0.29) is 0 Å². The van der Waals surface area contributed by atoms with Crippen molar-refractivity contribution < 1.29 is 0 Å². The summed E-state index contributed by atoms with van der Waals surface area (Å²) in [6.07, 6.45) is 6.47. The summed E-state index contributed by atoms with van der Waals surface area (Å²) in [5.41, 5.74) is 4.36. The van der Waals surface area contributed by atoms with Crippen LogP contribution in [0.15, 0.2) is 47.3 Å². The first-order chi connectivity index (χ1) is 12.7. The SMILES string of the molecule is Clc1ccc(Br)c2c1CN(c1nn3cc(-c4cccnc4)nc3s1)CC2. The first kappa shape index (κ1) is 16.2. The lowest BCUT2D eigenvalue weighted by atomic mass is 10.0. The number of pyridine rings is 1. The van der Waals surface area contributed by atoms with Crippen LogP contribution in [-0.2, 0) is 13.0 Å². The number of halogens is 2. The van der Waals surface area contributed by atoms with Crippen LogP contribution >= 0.6 is 38.9 Å². The van der Waals surface area contributed by atoms with Gasteiger partial charge in [0.1, 0.15) is 0 Å². The second-order valence-electron chi connectivity index (χ2n) is 6.14. The molecule has 0 fully saturated rings. The molecule has 0 N–H and O–H groups in total. The van der Waals surface area contributed by atoms with Gasteiger partial charge < -0.3 is 4.90 Å². The van der Waals surface area contributed by atoms with Crippen molar-refractivity contribution in [3.8, 4) is 11.3 Å². The standard InChI is InChI=1S/C18H13BrClN5S/c19-14-3-4-15(20)13-9-24(7-5-12(13)14)18-23-25-10-16(22-17(25)26-18)11-2-1-6-21-8-11/h1-4,6,8,10H,5,7,9H2. The molecule has 0 unspecified atom stereocenters. The van der Waals surface area contributed by atoms with Crippen molar-refractivity contribution in [1.29, 1.82) is 0 Å². The van der Waals surface area contributed by atoms with Crippen LogP contribution in [0.3, 0.4) is 0 Å². The van der Waals surface area contributed by atoms with Crippen molar-refractivity contribution >= 4 is 49.0 Å². The minimum absolute atomic E-state index is 0.764. The fourth-order valence-electron chi connectivity index (χ4n) is 3.23. The van der Waals surface area contributed by atoms with Gasteiger partial charge in [0.05, 0.1) is 11.9 Å².